The van der Waals surface area contributed by atoms with E-state index in [9.17, 15) is 9.59 Å². The summed E-state index contributed by atoms with van der Waals surface area (Å²) in [7, 11) is 0. The molecule has 2 N–H and O–H groups in total. The van der Waals surface area contributed by atoms with Crippen LogP contribution in [0, 0.1) is 0 Å². The Hall–Kier alpha value is -1.92. The van der Waals surface area contributed by atoms with Crippen LogP contribution in [-0.4, -0.2) is 45.7 Å². The molecule has 4 rings (SSSR count). The van der Waals surface area contributed by atoms with E-state index >= 15 is 0 Å². The van der Waals surface area contributed by atoms with Crippen molar-refractivity contribution in [2.75, 3.05) is 0 Å². The molecule has 1 amide bonds. The maximum absolute atomic E-state index is 12.3. The fourth-order valence-corrected chi connectivity index (χ4v) is 9.80. The molecule has 2 bridgehead atoms. The van der Waals surface area contributed by atoms with Crippen molar-refractivity contribution in [3.63, 3.8) is 0 Å². The van der Waals surface area contributed by atoms with Crippen molar-refractivity contribution >= 4 is 42.9 Å². The first-order valence-electron chi connectivity index (χ1n) is 7.84. The zero-order valence-corrected chi connectivity index (χ0v) is 16.2. The number of benzene rings is 2. The summed E-state index contributed by atoms with van der Waals surface area (Å²) in [6.07, 6.45) is -0.195. The number of amides is 1. The van der Waals surface area contributed by atoms with Crippen LogP contribution in [0.2, 0.25) is 0 Å². The van der Waals surface area contributed by atoms with Crippen LogP contribution < -0.4 is 9.05 Å². The van der Waals surface area contributed by atoms with Gasteiger partial charge in [-0.3, -0.25) is 0 Å². The Balaban J connectivity index is 1.67. The molecule has 6 heteroatoms. The van der Waals surface area contributed by atoms with Gasteiger partial charge in [0.2, 0.25) is 0 Å². The first-order chi connectivity index (χ1) is 11.6. The number of Topliss-reactive ketones (excluding diaryl/α,β-unsaturated/α-hetero) is 1. The van der Waals surface area contributed by atoms with E-state index in [1.54, 1.807) is 0 Å². The number of ketones is 1. The fourth-order valence-electron chi connectivity index (χ4n) is 3.35. The molecule has 24 heavy (non-hydrogen) atoms. The first-order valence-corrected chi connectivity index (χ1v) is 12.3. The monoisotopic (exact) mass is 422 g/mol. The van der Waals surface area contributed by atoms with Crippen LogP contribution in [0.1, 0.15) is 23.1 Å². The molecule has 0 fully saturated rings. The van der Waals surface area contributed by atoms with E-state index in [1.165, 1.54) is 8.88 Å². The van der Waals surface area contributed by atoms with E-state index in [1.807, 2.05) is 24.3 Å². The number of carbonyl (C=O) groups is 2. The average Bonchev–Trinajstić information content (AvgIpc) is 3.15. The minimum absolute atomic E-state index is 0.277. The van der Waals surface area contributed by atoms with E-state index in [0.717, 1.165) is 23.3 Å². The van der Waals surface area contributed by atoms with Gasteiger partial charge in [-0.1, -0.05) is 0 Å². The molecular weight excluding hydrogens is 407 g/mol. The van der Waals surface area contributed by atoms with Crippen LogP contribution in [0.5, 0.6) is 0 Å². The molecule has 2 aliphatic rings. The molecule has 0 spiro atoms. The Bertz CT molecular complexity index is 864. The van der Waals surface area contributed by atoms with Crippen LogP contribution in [0.4, 0.5) is 0 Å². The van der Waals surface area contributed by atoms with Gasteiger partial charge in [-0.25, -0.2) is 0 Å². The third-order valence-corrected chi connectivity index (χ3v) is 10.2. The number of carbonyl (C=O) groups excluding carboxylic acids is 2. The summed E-state index contributed by atoms with van der Waals surface area (Å²) in [5, 5.41) is 0. The van der Waals surface area contributed by atoms with Crippen LogP contribution in [0.3, 0.4) is 0 Å². The van der Waals surface area contributed by atoms with Crippen molar-refractivity contribution in [1.82, 2.24) is 0 Å². The van der Waals surface area contributed by atoms with Gasteiger partial charge in [0, 0.05) is 0 Å². The Labute approximate surface area is 148 Å². The average molecular weight is 422 g/mol. The van der Waals surface area contributed by atoms with Crippen LogP contribution >= 0.6 is 0 Å². The van der Waals surface area contributed by atoms with E-state index in [-0.39, 0.29) is 12.2 Å². The summed E-state index contributed by atoms with van der Waals surface area (Å²) in [5.41, 5.74) is 9.33. The van der Waals surface area contributed by atoms with Gasteiger partial charge < -0.3 is 0 Å². The zero-order chi connectivity index (χ0) is 16.7. The number of hydrogen-bond acceptors (Lipinski definition) is 4. The van der Waals surface area contributed by atoms with Gasteiger partial charge in [-0.15, -0.1) is 0 Å². The predicted molar refractivity (Wildman–Crippen MR) is 91.3 cm³/mol. The first kappa shape index (κ1) is 15.6. The van der Waals surface area contributed by atoms with Crippen molar-refractivity contribution in [2.24, 2.45) is 8.71 Å². The molecule has 2 aromatic carbocycles. The van der Waals surface area contributed by atoms with E-state index < -0.39 is 34.2 Å². The van der Waals surface area contributed by atoms with E-state index in [2.05, 4.69) is 24.3 Å². The zero-order valence-electron chi connectivity index (χ0n) is 12.9. The van der Waals surface area contributed by atoms with Gasteiger partial charge in [-0.2, -0.15) is 0 Å². The third kappa shape index (κ3) is 2.70. The Morgan fingerprint density at radius 1 is 1.12 bits per heavy atom. The van der Waals surface area contributed by atoms with Gasteiger partial charge in [0.05, 0.1) is 0 Å². The van der Waals surface area contributed by atoms with Crippen LogP contribution in [0.15, 0.2) is 51.5 Å². The molecule has 5 nitrogen and oxygen atoms in total. The van der Waals surface area contributed by atoms with Gasteiger partial charge in [0.25, 0.3) is 0 Å². The SMILES string of the molecule is NC(=O)CC(=O)C1[O][In]2[N]=C1c1c(Cc3ccccc3)ccc[c]12. The number of nitrogens with zero attached hydrogens (tertiary/aromatic N) is 1. The molecule has 0 aromatic heterocycles. The second-order valence-corrected chi connectivity index (χ2v) is 11.3. The summed E-state index contributed by atoms with van der Waals surface area (Å²) in [4.78, 5) is 23.3. The Kier molecular flexibility index (Phi) is 4.02. The Morgan fingerprint density at radius 2 is 1.92 bits per heavy atom. The van der Waals surface area contributed by atoms with E-state index in [4.69, 9.17) is 11.6 Å². The van der Waals surface area contributed by atoms with Crippen molar-refractivity contribution in [2.45, 2.75) is 18.9 Å². The number of hydrogen-bond donors (Lipinski definition) is 1. The minimum atomic E-state index is -2.74. The van der Waals surface area contributed by atoms with Crippen molar-refractivity contribution in [3.05, 3.63) is 65.2 Å². The van der Waals surface area contributed by atoms with Crippen LogP contribution in [0.25, 0.3) is 0 Å². The molecule has 1 atom stereocenters. The number of fused-ring (bicyclic) bond motifs is 4. The number of nitrogens with two attached hydrogens (primary N) is 1. The molecule has 0 aliphatic carbocycles. The standard InChI is InChI=1S/C18H15N2O3.In/c19-16(22)11-15(21)18(23)17(20)14-9-5-4-8-13(14)10-12-6-2-1-3-7-12;/h1-8,18H,10-11H2,(H2,19,22);/q-2;+2. The quantitative estimate of drug-likeness (QED) is 0.718. The summed E-state index contributed by atoms with van der Waals surface area (Å²) < 4.78 is 11.8. The fraction of sp³-hybridized carbons (Fsp3) is 0.167. The molecule has 1 unspecified atom stereocenters. The summed E-state index contributed by atoms with van der Waals surface area (Å²) in [6, 6.07) is 16.4. The van der Waals surface area contributed by atoms with Gasteiger partial charge >= 0.3 is 148 Å². The van der Waals surface area contributed by atoms with Gasteiger partial charge in [0.1, 0.15) is 0 Å². The van der Waals surface area contributed by atoms with E-state index in [0.29, 0.717) is 0 Å². The van der Waals surface area contributed by atoms with Crippen molar-refractivity contribution in [3.8, 4) is 0 Å². The molecule has 2 heterocycles. The summed E-state index contributed by atoms with van der Waals surface area (Å²) >= 11 is -2.74. The second kappa shape index (κ2) is 6.18. The Morgan fingerprint density at radius 3 is 2.67 bits per heavy atom. The summed E-state index contributed by atoms with van der Waals surface area (Å²) in [5.74, 6) is -0.902. The van der Waals surface area contributed by atoms with Crippen LogP contribution in [-0.2, 0) is 18.9 Å². The molecule has 0 radical (unpaired) electrons. The molecule has 2 aliphatic heterocycles. The predicted octanol–water partition coefficient (Wildman–Crippen LogP) is 0.619. The van der Waals surface area contributed by atoms with Gasteiger partial charge in [0.15, 0.2) is 0 Å². The molecule has 0 saturated carbocycles. The molecule has 0 saturated heterocycles. The number of primary amides is 1. The normalized spacial score (nSPS) is 17.6. The maximum atomic E-state index is 12.3. The topological polar surface area (TPSA) is 81.8 Å². The molecular formula is C18H15InN2O3. The molecule has 2 aromatic rings. The van der Waals surface area contributed by atoms with Crippen molar-refractivity contribution in [1.29, 1.82) is 0 Å². The second-order valence-electron chi connectivity index (χ2n) is 6.04. The van der Waals surface area contributed by atoms with Gasteiger partial charge in [-0.05, 0) is 0 Å². The molecule has 118 valence electrons. The van der Waals surface area contributed by atoms with Crippen molar-refractivity contribution < 1.29 is 12.4 Å². The third-order valence-electron chi connectivity index (χ3n) is 4.35. The summed E-state index contributed by atoms with van der Waals surface area (Å²) in [6.45, 7) is 0. The number of rotatable bonds is 5.